The third kappa shape index (κ3) is 5.70. The van der Waals surface area contributed by atoms with Crippen LogP contribution in [0.3, 0.4) is 0 Å². The van der Waals surface area contributed by atoms with Crippen LogP contribution in [0.15, 0.2) is 48.5 Å². The summed E-state index contributed by atoms with van der Waals surface area (Å²) in [6.45, 7) is 5.37. The number of nitrogens with one attached hydrogen (secondary N) is 1. The lowest BCUT2D eigenvalue weighted by molar-refractivity contribution is -0.138. The number of piperidine rings is 1. The first-order valence-corrected chi connectivity index (χ1v) is 12.1. The van der Waals surface area contributed by atoms with Crippen LogP contribution in [-0.4, -0.2) is 54.8 Å². The second-order valence-electron chi connectivity index (χ2n) is 9.13. The Hall–Kier alpha value is -3.68. The Bertz CT molecular complexity index is 1110. The van der Waals surface area contributed by atoms with E-state index in [0.29, 0.717) is 43.7 Å². The first-order chi connectivity index (χ1) is 16.9. The molecular formula is C27H31N3O5. The minimum atomic E-state index is -0.429. The quantitative estimate of drug-likeness (QED) is 0.644. The Kier molecular flexibility index (Phi) is 7.48. The number of amides is 3. The van der Waals surface area contributed by atoms with Crippen molar-refractivity contribution in [3.8, 4) is 0 Å². The van der Waals surface area contributed by atoms with Crippen molar-refractivity contribution in [2.45, 2.75) is 33.1 Å². The number of aryl methyl sites for hydroxylation is 1. The molecule has 35 heavy (non-hydrogen) atoms. The van der Waals surface area contributed by atoms with E-state index < -0.39 is 5.97 Å². The summed E-state index contributed by atoms with van der Waals surface area (Å²) in [4.78, 5) is 53.8. The van der Waals surface area contributed by atoms with Crippen molar-refractivity contribution < 1.29 is 23.9 Å². The summed E-state index contributed by atoms with van der Waals surface area (Å²) >= 11 is 0. The van der Waals surface area contributed by atoms with Gasteiger partial charge in [0.15, 0.2) is 0 Å². The summed E-state index contributed by atoms with van der Waals surface area (Å²) in [5, 5.41) is 2.88. The van der Waals surface area contributed by atoms with Crippen molar-refractivity contribution in [3.63, 3.8) is 0 Å². The fraction of sp³-hybridized carbons (Fsp3) is 0.407. The molecule has 0 saturated carbocycles. The van der Waals surface area contributed by atoms with Crippen LogP contribution in [0.25, 0.3) is 0 Å². The third-order valence-electron chi connectivity index (χ3n) is 6.64. The molecule has 2 saturated heterocycles. The van der Waals surface area contributed by atoms with Crippen LogP contribution in [0.5, 0.6) is 0 Å². The number of rotatable bonds is 6. The summed E-state index contributed by atoms with van der Waals surface area (Å²) in [6.07, 6.45) is 1.32. The number of ether oxygens (including phenoxy) is 1. The van der Waals surface area contributed by atoms with Gasteiger partial charge in [0.25, 0.3) is 0 Å². The summed E-state index contributed by atoms with van der Waals surface area (Å²) in [5.41, 5.74) is 2.86. The van der Waals surface area contributed by atoms with E-state index in [0.717, 1.165) is 11.3 Å². The standard InChI is InChI=1S/C27H31N3O5/c1-3-35-27(34)20-5-4-6-22(15-20)28-25(32)19-11-13-29(14-12-19)26(33)21-16-24(31)30(17-21)23-9-7-18(2)8-10-23/h4-10,15,19,21H,3,11-14,16-17H2,1-2H3,(H,28,32). The fourth-order valence-electron chi connectivity index (χ4n) is 4.65. The lowest BCUT2D eigenvalue weighted by atomic mass is 9.94. The third-order valence-corrected chi connectivity index (χ3v) is 6.64. The Balaban J connectivity index is 1.29. The zero-order chi connectivity index (χ0) is 24.9. The number of esters is 1. The highest BCUT2D eigenvalue weighted by Gasteiger charge is 2.38. The van der Waals surface area contributed by atoms with Crippen molar-refractivity contribution in [1.82, 2.24) is 4.90 Å². The van der Waals surface area contributed by atoms with Gasteiger partial charge in [-0.15, -0.1) is 0 Å². The van der Waals surface area contributed by atoms with Gasteiger partial charge in [0.1, 0.15) is 0 Å². The molecule has 184 valence electrons. The summed E-state index contributed by atoms with van der Waals surface area (Å²) in [5.74, 6) is -1.19. The number of likely N-dealkylation sites (tertiary alicyclic amines) is 1. The van der Waals surface area contributed by atoms with Crippen LogP contribution in [-0.2, 0) is 19.1 Å². The van der Waals surface area contributed by atoms with E-state index in [1.165, 1.54) is 0 Å². The largest absolute Gasteiger partial charge is 0.462 e. The molecule has 0 spiro atoms. The molecule has 4 rings (SSSR count). The number of nitrogens with zero attached hydrogens (tertiary/aromatic N) is 2. The number of hydrogen-bond acceptors (Lipinski definition) is 5. The molecule has 1 unspecified atom stereocenters. The van der Waals surface area contributed by atoms with E-state index in [4.69, 9.17) is 4.74 Å². The number of carbonyl (C=O) groups excluding carboxylic acids is 4. The molecule has 2 aliphatic rings. The SMILES string of the molecule is CCOC(=O)c1cccc(NC(=O)C2CCN(C(=O)C3CC(=O)N(c4ccc(C)cc4)C3)CC2)c1. The molecule has 2 aromatic carbocycles. The maximum atomic E-state index is 13.1. The van der Waals surface area contributed by atoms with E-state index in [2.05, 4.69) is 5.32 Å². The van der Waals surface area contributed by atoms with E-state index in [1.807, 2.05) is 31.2 Å². The molecule has 2 heterocycles. The van der Waals surface area contributed by atoms with Crippen LogP contribution in [0.4, 0.5) is 11.4 Å². The lowest BCUT2D eigenvalue weighted by Gasteiger charge is -2.33. The first kappa shape index (κ1) is 24.4. The van der Waals surface area contributed by atoms with Crippen molar-refractivity contribution in [3.05, 3.63) is 59.7 Å². The van der Waals surface area contributed by atoms with Gasteiger partial charge in [-0.25, -0.2) is 4.79 Å². The van der Waals surface area contributed by atoms with E-state index >= 15 is 0 Å². The van der Waals surface area contributed by atoms with E-state index in [1.54, 1.807) is 41.0 Å². The topological polar surface area (TPSA) is 96.0 Å². The molecule has 0 aromatic heterocycles. The maximum absolute atomic E-state index is 13.1. The fourth-order valence-corrected chi connectivity index (χ4v) is 4.65. The monoisotopic (exact) mass is 477 g/mol. The highest BCUT2D eigenvalue weighted by Crippen LogP contribution is 2.28. The Morgan fingerprint density at radius 2 is 1.74 bits per heavy atom. The lowest BCUT2D eigenvalue weighted by Crippen LogP contribution is -2.44. The molecule has 1 N–H and O–H groups in total. The molecule has 2 fully saturated rings. The summed E-state index contributed by atoms with van der Waals surface area (Å²) < 4.78 is 5.01. The Labute approximate surface area is 205 Å². The minimum Gasteiger partial charge on any atom is -0.462 e. The normalized spacial score (nSPS) is 18.5. The van der Waals surface area contributed by atoms with Crippen molar-refractivity contribution in [1.29, 1.82) is 0 Å². The molecule has 0 radical (unpaired) electrons. The first-order valence-electron chi connectivity index (χ1n) is 12.1. The van der Waals surface area contributed by atoms with Crippen molar-refractivity contribution in [2.24, 2.45) is 11.8 Å². The summed E-state index contributed by atoms with van der Waals surface area (Å²) in [6, 6.07) is 14.4. The average molecular weight is 478 g/mol. The zero-order valence-electron chi connectivity index (χ0n) is 20.2. The second kappa shape index (κ2) is 10.7. The van der Waals surface area contributed by atoms with Gasteiger partial charge < -0.3 is 19.9 Å². The number of hydrogen-bond donors (Lipinski definition) is 1. The molecule has 2 aromatic rings. The number of carbonyl (C=O) groups is 4. The van der Waals surface area contributed by atoms with Gasteiger partial charge >= 0.3 is 5.97 Å². The van der Waals surface area contributed by atoms with Crippen LogP contribution < -0.4 is 10.2 Å². The molecule has 0 bridgehead atoms. The number of anilines is 2. The molecule has 8 heteroatoms. The van der Waals surface area contributed by atoms with Gasteiger partial charge in [0.05, 0.1) is 18.1 Å². The van der Waals surface area contributed by atoms with Gasteiger partial charge in [-0.2, -0.15) is 0 Å². The second-order valence-corrected chi connectivity index (χ2v) is 9.13. The predicted molar refractivity (Wildman–Crippen MR) is 132 cm³/mol. The molecule has 8 nitrogen and oxygen atoms in total. The smallest absolute Gasteiger partial charge is 0.338 e. The average Bonchev–Trinajstić information content (AvgIpc) is 3.26. The van der Waals surface area contributed by atoms with Crippen LogP contribution in [0.2, 0.25) is 0 Å². The Morgan fingerprint density at radius 1 is 1.03 bits per heavy atom. The minimum absolute atomic E-state index is 0.0195. The zero-order valence-corrected chi connectivity index (χ0v) is 20.2. The molecule has 2 aliphatic heterocycles. The van der Waals surface area contributed by atoms with E-state index in [-0.39, 0.29) is 42.6 Å². The molecule has 1 atom stereocenters. The highest BCUT2D eigenvalue weighted by atomic mass is 16.5. The molecular weight excluding hydrogens is 446 g/mol. The number of benzene rings is 2. The van der Waals surface area contributed by atoms with Crippen molar-refractivity contribution >= 4 is 35.1 Å². The van der Waals surface area contributed by atoms with Gasteiger partial charge in [0, 0.05) is 43.3 Å². The molecule has 3 amide bonds. The van der Waals surface area contributed by atoms with Gasteiger partial charge in [-0.3, -0.25) is 14.4 Å². The van der Waals surface area contributed by atoms with E-state index in [9.17, 15) is 19.2 Å². The van der Waals surface area contributed by atoms with Crippen molar-refractivity contribution in [2.75, 3.05) is 36.5 Å². The van der Waals surface area contributed by atoms with Crippen LogP contribution >= 0.6 is 0 Å². The predicted octanol–water partition coefficient (Wildman–Crippen LogP) is 3.40. The Morgan fingerprint density at radius 3 is 2.43 bits per heavy atom. The maximum Gasteiger partial charge on any atom is 0.338 e. The highest BCUT2D eigenvalue weighted by molar-refractivity contribution is 6.00. The van der Waals surface area contributed by atoms with Gasteiger partial charge in [-0.05, 0) is 57.0 Å². The van der Waals surface area contributed by atoms with Gasteiger partial charge in [0.2, 0.25) is 17.7 Å². The van der Waals surface area contributed by atoms with Crippen LogP contribution in [0, 0.1) is 18.8 Å². The van der Waals surface area contributed by atoms with Gasteiger partial charge in [-0.1, -0.05) is 23.8 Å². The van der Waals surface area contributed by atoms with Crippen LogP contribution in [0.1, 0.15) is 42.1 Å². The molecule has 0 aliphatic carbocycles. The summed E-state index contributed by atoms with van der Waals surface area (Å²) in [7, 11) is 0.